The zero-order valence-corrected chi connectivity index (χ0v) is 8.64. The number of benzene rings is 1. The van der Waals surface area contributed by atoms with Crippen molar-refractivity contribution in [2.75, 3.05) is 5.73 Å². The van der Waals surface area contributed by atoms with Crippen molar-refractivity contribution in [3.63, 3.8) is 0 Å². The van der Waals surface area contributed by atoms with Crippen LogP contribution in [-0.2, 0) is 0 Å². The van der Waals surface area contributed by atoms with E-state index in [4.69, 9.17) is 27.4 Å². The number of nitrogen functional groups attached to an aromatic ring is 1. The van der Waals surface area contributed by atoms with Gasteiger partial charge in [-0.25, -0.2) is 0 Å². The van der Waals surface area contributed by atoms with Gasteiger partial charge in [0, 0.05) is 15.2 Å². The van der Waals surface area contributed by atoms with Crippen LogP contribution < -0.4 is 11.2 Å². The Hall–Kier alpha value is -0.745. The molecule has 0 aliphatic heterocycles. The van der Waals surface area contributed by atoms with Crippen molar-refractivity contribution in [3.05, 3.63) is 23.2 Å². The average Bonchev–Trinajstić information content (AvgIpc) is 2.39. The van der Waals surface area contributed by atoms with Crippen molar-refractivity contribution in [1.29, 1.82) is 0 Å². The predicted molar refractivity (Wildman–Crippen MR) is 61.1 cm³/mol. The molecule has 14 heavy (non-hydrogen) atoms. The number of anilines is 1. The third-order valence-corrected chi connectivity index (χ3v) is 3.21. The first-order chi connectivity index (χ1) is 6.59. The second-order valence-electron chi connectivity index (χ2n) is 2.89. The van der Waals surface area contributed by atoms with E-state index in [2.05, 4.69) is 0 Å². The number of hydrogen-bond acceptors (Lipinski definition) is 4. The highest BCUT2D eigenvalue weighted by molar-refractivity contribution is 7.24. The van der Waals surface area contributed by atoms with Gasteiger partial charge in [0.15, 0.2) is 0 Å². The van der Waals surface area contributed by atoms with Crippen LogP contribution in [0.15, 0.2) is 18.2 Å². The van der Waals surface area contributed by atoms with E-state index in [-0.39, 0.29) is 0 Å². The molecule has 1 aromatic heterocycles. The summed E-state index contributed by atoms with van der Waals surface area (Å²) in [5.74, 6) is 0. The number of nitrogens with two attached hydrogens (primary N) is 1. The van der Waals surface area contributed by atoms with Gasteiger partial charge < -0.3 is 15.8 Å². The van der Waals surface area contributed by atoms with E-state index in [1.165, 1.54) is 11.3 Å². The van der Waals surface area contributed by atoms with E-state index >= 15 is 0 Å². The van der Waals surface area contributed by atoms with Gasteiger partial charge in [-0.3, -0.25) is 0 Å². The molecule has 2 aromatic rings. The molecule has 0 fully saturated rings. The molecule has 0 saturated heterocycles. The molecule has 0 aliphatic carbocycles. The number of thiophene rings is 1. The molecule has 0 bridgehead atoms. The molecule has 2 rings (SSSR count). The lowest BCUT2D eigenvalue weighted by molar-refractivity contribution is 0.426. The molecule has 4 N–H and O–H groups in total. The van der Waals surface area contributed by atoms with Crippen molar-refractivity contribution in [3.8, 4) is 0 Å². The van der Waals surface area contributed by atoms with E-state index < -0.39 is 7.12 Å². The lowest BCUT2D eigenvalue weighted by atomic mass is 9.79. The van der Waals surface area contributed by atoms with Crippen LogP contribution in [0, 0.1) is 0 Å². The molecule has 0 radical (unpaired) electrons. The first kappa shape index (κ1) is 9.80. The SMILES string of the molecule is Nc1sc2cc(Cl)ccc2c1B(O)O. The standard InChI is InChI=1S/C8H7BClNO2S/c10-4-1-2-5-6(3-4)14-8(11)7(5)9(12)13/h1-3,12-13H,11H2. The first-order valence-electron chi connectivity index (χ1n) is 3.93. The average molecular weight is 227 g/mol. The molecule has 0 unspecified atom stereocenters. The smallest absolute Gasteiger partial charge is 0.423 e. The van der Waals surface area contributed by atoms with E-state index in [0.717, 1.165) is 10.1 Å². The van der Waals surface area contributed by atoms with E-state index in [1.807, 2.05) is 0 Å². The molecule has 0 aliphatic rings. The Morgan fingerprint density at radius 2 is 2.07 bits per heavy atom. The molecular formula is C8H7BClNO2S. The van der Waals surface area contributed by atoms with Gasteiger partial charge in [0.2, 0.25) is 0 Å². The van der Waals surface area contributed by atoms with Crippen LogP contribution in [-0.4, -0.2) is 17.2 Å². The molecular weight excluding hydrogens is 220 g/mol. The van der Waals surface area contributed by atoms with Gasteiger partial charge in [0.05, 0.1) is 5.00 Å². The van der Waals surface area contributed by atoms with Crippen molar-refractivity contribution >= 4 is 50.6 Å². The summed E-state index contributed by atoms with van der Waals surface area (Å²) in [4.78, 5) is 0. The highest BCUT2D eigenvalue weighted by Gasteiger charge is 2.20. The molecule has 0 saturated carbocycles. The van der Waals surface area contributed by atoms with Crippen LogP contribution in [0.3, 0.4) is 0 Å². The minimum absolute atomic E-state index is 0.363. The highest BCUT2D eigenvalue weighted by atomic mass is 35.5. The third-order valence-electron chi connectivity index (χ3n) is 1.98. The van der Waals surface area contributed by atoms with Gasteiger partial charge in [0.1, 0.15) is 0 Å². The Morgan fingerprint density at radius 1 is 1.36 bits per heavy atom. The molecule has 0 atom stereocenters. The fourth-order valence-corrected chi connectivity index (χ4v) is 2.65. The lowest BCUT2D eigenvalue weighted by Gasteiger charge is -1.98. The number of hydrogen-bond donors (Lipinski definition) is 3. The van der Waals surface area contributed by atoms with Crippen molar-refractivity contribution in [1.82, 2.24) is 0 Å². The highest BCUT2D eigenvalue weighted by Crippen LogP contribution is 2.28. The molecule has 1 aromatic carbocycles. The van der Waals surface area contributed by atoms with Crippen LogP contribution in [0.5, 0.6) is 0 Å². The molecule has 0 spiro atoms. The summed E-state index contributed by atoms with van der Waals surface area (Å²) in [7, 11) is -1.54. The van der Waals surface area contributed by atoms with Gasteiger partial charge in [-0.2, -0.15) is 0 Å². The van der Waals surface area contributed by atoms with Gasteiger partial charge in [-0.1, -0.05) is 17.7 Å². The van der Waals surface area contributed by atoms with Crippen LogP contribution in [0.25, 0.3) is 10.1 Å². The zero-order chi connectivity index (χ0) is 10.3. The van der Waals surface area contributed by atoms with Crippen molar-refractivity contribution in [2.24, 2.45) is 0 Å². The largest absolute Gasteiger partial charge is 0.492 e. The van der Waals surface area contributed by atoms with Crippen molar-refractivity contribution in [2.45, 2.75) is 0 Å². The Balaban J connectivity index is 2.77. The number of rotatable bonds is 1. The number of fused-ring (bicyclic) bond motifs is 1. The third kappa shape index (κ3) is 1.48. The second kappa shape index (κ2) is 3.44. The normalized spacial score (nSPS) is 10.8. The van der Waals surface area contributed by atoms with E-state index in [9.17, 15) is 0 Å². The summed E-state index contributed by atoms with van der Waals surface area (Å²) in [5, 5.41) is 20.0. The fourth-order valence-electron chi connectivity index (χ4n) is 1.38. The lowest BCUT2D eigenvalue weighted by Crippen LogP contribution is -2.30. The maximum absolute atomic E-state index is 9.11. The monoisotopic (exact) mass is 227 g/mol. The molecule has 6 heteroatoms. The Kier molecular flexibility index (Phi) is 2.40. The maximum atomic E-state index is 9.11. The van der Waals surface area contributed by atoms with Gasteiger partial charge >= 0.3 is 7.12 Å². The maximum Gasteiger partial charge on any atom is 0.492 e. The first-order valence-corrected chi connectivity index (χ1v) is 5.12. The Labute approximate surface area is 89.9 Å². The summed E-state index contributed by atoms with van der Waals surface area (Å²) in [5.41, 5.74) is 6.02. The number of halogens is 1. The van der Waals surface area contributed by atoms with E-state index in [1.54, 1.807) is 18.2 Å². The quantitative estimate of drug-likeness (QED) is 0.632. The molecule has 0 amide bonds. The Bertz CT molecular complexity index is 485. The van der Waals surface area contributed by atoms with Crippen LogP contribution in [0.4, 0.5) is 5.00 Å². The summed E-state index contributed by atoms with van der Waals surface area (Å²) in [6.45, 7) is 0. The summed E-state index contributed by atoms with van der Waals surface area (Å²) in [6, 6.07) is 5.19. The van der Waals surface area contributed by atoms with E-state index in [0.29, 0.717) is 15.5 Å². The minimum Gasteiger partial charge on any atom is -0.423 e. The van der Waals surface area contributed by atoms with Crippen molar-refractivity contribution < 1.29 is 10.0 Å². The van der Waals surface area contributed by atoms with Crippen LogP contribution >= 0.6 is 22.9 Å². The van der Waals surface area contributed by atoms with Gasteiger partial charge in [-0.05, 0) is 17.5 Å². The fraction of sp³-hybridized carbons (Fsp3) is 0. The summed E-state index contributed by atoms with van der Waals surface area (Å²) < 4.78 is 0.859. The van der Waals surface area contributed by atoms with Gasteiger partial charge in [-0.15, -0.1) is 11.3 Å². The minimum atomic E-state index is -1.54. The summed E-state index contributed by atoms with van der Waals surface area (Å²) >= 11 is 7.10. The summed E-state index contributed by atoms with van der Waals surface area (Å²) in [6.07, 6.45) is 0. The topological polar surface area (TPSA) is 66.5 Å². The van der Waals surface area contributed by atoms with Crippen LogP contribution in [0.2, 0.25) is 5.02 Å². The zero-order valence-electron chi connectivity index (χ0n) is 7.07. The molecule has 3 nitrogen and oxygen atoms in total. The van der Waals surface area contributed by atoms with Crippen LogP contribution in [0.1, 0.15) is 0 Å². The van der Waals surface area contributed by atoms with Gasteiger partial charge in [0.25, 0.3) is 0 Å². The molecule has 72 valence electrons. The molecule has 1 heterocycles. The second-order valence-corrected chi connectivity index (χ2v) is 4.41. The Morgan fingerprint density at radius 3 is 2.71 bits per heavy atom. The predicted octanol–water partition coefficient (Wildman–Crippen LogP) is 0.817.